The van der Waals surface area contributed by atoms with Gasteiger partial charge in [-0.3, -0.25) is 4.79 Å². The zero-order valence-electron chi connectivity index (χ0n) is 17.1. The highest BCUT2D eigenvalue weighted by Gasteiger charge is 2.30. The topological polar surface area (TPSA) is 88.8 Å². The number of anilines is 2. The molecule has 3 aromatic heterocycles. The molecule has 0 radical (unpaired) electrons. The molecule has 0 aliphatic carbocycles. The number of pyridine rings is 1. The highest BCUT2D eigenvalue weighted by Crippen LogP contribution is 2.33. The van der Waals surface area contributed by atoms with E-state index in [0.717, 1.165) is 37.6 Å². The van der Waals surface area contributed by atoms with Gasteiger partial charge >= 0.3 is 5.92 Å². The summed E-state index contributed by atoms with van der Waals surface area (Å²) in [5.74, 6) is -1.87. The third kappa shape index (κ3) is 3.69. The number of hydrogen-bond acceptors (Lipinski definition) is 6. The summed E-state index contributed by atoms with van der Waals surface area (Å²) in [7, 11) is 0. The summed E-state index contributed by atoms with van der Waals surface area (Å²) in [6, 6.07) is 3.32. The molecule has 3 aromatic rings. The van der Waals surface area contributed by atoms with E-state index in [9.17, 15) is 13.6 Å². The summed E-state index contributed by atoms with van der Waals surface area (Å²) in [6.07, 6.45) is 3.70. The van der Waals surface area contributed by atoms with Gasteiger partial charge in [0, 0.05) is 44.0 Å². The van der Waals surface area contributed by atoms with E-state index in [1.807, 2.05) is 6.92 Å². The minimum atomic E-state index is -3.18. The van der Waals surface area contributed by atoms with Gasteiger partial charge in [-0.05, 0) is 18.8 Å². The van der Waals surface area contributed by atoms with Crippen LogP contribution in [0.25, 0.3) is 16.7 Å². The van der Waals surface area contributed by atoms with Gasteiger partial charge in [-0.25, -0.2) is 19.6 Å². The number of aromatic nitrogens is 5. The Hall–Kier alpha value is -3.17. The number of aryl methyl sites for hydroxylation is 1. The lowest BCUT2D eigenvalue weighted by molar-refractivity contribution is -0.105. The molecule has 30 heavy (non-hydrogen) atoms. The maximum Gasteiger partial charge on any atom is 0.303 e. The molecule has 0 bridgehead atoms. The zero-order valence-corrected chi connectivity index (χ0v) is 17.1. The van der Waals surface area contributed by atoms with Crippen molar-refractivity contribution in [3.63, 3.8) is 0 Å². The largest absolute Gasteiger partial charge is 0.354 e. The minimum absolute atomic E-state index is 0.255. The lowest BCUT2D eigenvalue weighted by Gasteiger charge is -2.15. The molecule has 1 amide bonds. The predicted molar refractivity (Wildman–Crippen MR) is 109 cm³/mol. The molecule has 158 valence electrons. The summed E-state index contributed by atoms with van der Waals surface area (Å²) >= 11 is 0. The molecule has 0 spiro atoms. The Labute approximate surface area is 172 Å². The highest BCUT2D eigenvalue weighted by atomic mass is 19.3. The monoisotopic (exact) mass is 415 g/mol. The molecule has 4 rings (SSSR count). The van der Waals surface area contributed by atoms with Gasteiger partial charge in [0.2, 0.25) is 12.2 Å². The first-order valence-electron chi connectivity index (χ1n) is 9.90. The number of hydrogen-bond donors (Lipinski definition) is 1. The smallest absolute Gasteiger partial charge is 0.303 e. The first-order valence-corrected chi connectivity index (χ1v) is 9.90. The molecule has 1 saturated heterocycles. The van der Waals surface area contributed by atoms with Crippen molar-refractivity contribution in [3.8, 4) is 5.82 Å². The summed E-state index contributed by atoms with van der Waals surface area (Å²) in [4.78, 5) is 25.4. The van der Waals surface area contributed by atoms with Crippen LogP contribution in [0.2, 0.25) is 0 Å². The lowest BCUT2D eigenvalue weighted by Crippen LogP contribution is -2.20. The van der Waals surface area contributed by atoms with Gasteiger partial charge in [-0.1, -0.05) is 13.8 Å². The second-order valence-corrected chi connectivity index (χ2v) is 7.71. The minimum Gasteiger partial charge on any atom is -0.354 e. The second kappa shape index (κ2) is 7.58. The third-order valence-corrected chi connectivity index (χ3v) is 5.21. The fourth-order valence-corrected chi connectivity index (χ4v) is 3.64. The van der Waals surface area contributed by atoms with E-state index < -0.39 is 11.7 Å². The molecule has 0 aromatic carbocycles. The number of nitrogens with one attached hydrogen (secondary N) is 1. The van der Waals surface area contributed by atoms with Crippen molar-refractivity contribution in [3.05, 3.63) is 29.8 Å². The molecular weight excluding hydrogens is 392 g/mol. The Morgan fingerprint density at radius 1 is 1.33 bits per heavy atom. The van der Waals surface area contributed by atoms with Gasteiger partial charge in [-0.15, -0.1) is 5.10 Å². The Morgan fingerprint density at radius 2 is 2.13 bits per heavy atom. The normalized spacial score (nSPS) is 17.0. The van der Waals surface area contributed by atoms with Crippen LogP contribution in [0.3, 0.4) is 0 Å². The maximum atomic E-state index is 14.0. The van der Waals surface area contributed by atoms with Crippen molar-refractivity contribution in [2.45, 2.75) is 39.5 Å². The van der Waals surface area contributed by atoms with E-state index in [2.05, 4.69) is 32.1 Å². The van der Waals surface area contributed by atoms with Crippen LogP contribution in [-0.2, 0) is 17.1 Å². The average molecular weight is 415 g/mol. The van der Waals surface area contributed by atoms with Gasteiger partial charge in [0.25, 0.3) is 0 Å². The van der Waals surface area contributed by atoms with Gasteiger partial charge in [-0.2, -0.15) is 8.78 Å². The summed E-state index contributed by atoms with van der Waals surface area (Å²) in [5, 5.41) is 8.02. The van der Waals surface area contributed by atoms with Crippen LogP contribution in [0.5, 0.6) is 0 Å². The van der Waals surface area contributed by atoms with Crippen molar-refractivity contribution in [2.24, 2.45) is 5.92 Å². The van der Waals surface area contributed by atoms with Crippen molar-refractivity contribution in [2.75, 3.05) is 23.3 Å². The molecule has 1 atom stereocenters. The molecule has 1 aliphatic heterocycles. The molecule has 0 saturated carbocycles. The van der Waals surface area contributed by atoms with Gasteiger partial charge < -0.3 is 10.2 Å². The number of halogens is 2. The Kier molecular flexibility index (Phi) is 5.08. The molecule has 10 heteroatoms. The molecule has 8 nitrogen and oxygen atoms in total. The quantitative estimate of drug-likeness (QED) is 0.622. The van der Waals surface area contributed by atoms with Crippen LogP contribution >= 0.6 is 0 Å². The van der Waals surface area contributed by atoms with Crippen molar-refractivity contribution < 1.29 is 13.6 Å². The maximum absolute atomic E-state index is 14.0. The lowest BCUT2D eigenvalue weighted by atomic mass is 10.2. The van der Waals surface area contributed by atoms with Crippen LogP contribution in [0, 0.1) is 5.92 Å². The van der Waals surface area contributed by atoms with Crippen LogP contribution in [0.1, 0.15) is 38.7 Å². The number of alkyl halides is 2. The van der Waals surface area contributed by atoms with E-state index in [1.54, 1.807) is 18.3 Å². The summed E-state index contributed by atoms with van der Waals surface area (Å²) in [6.45, 7) is 6.50. The third-order valence-electron chi connectivity index (χ3n) is 5.21. The second-order valence-electron chi connectivity index (χ2n) is 7.71. The van der Waals surface area contributed by atoms with Crippen LogP contribution in [0.15, 0.2) is 18.3 Å². The molecule has 1 unspecified atom stereocenters. The first kappa shape index (κ1) is 20.1. The fourth-order valence-electron chi connectivity index (χ4n) is 3.64. The molecule has 1 N–H and O–H groups in total. The summed E-state index contributed by atoms with van der Waals surface area (Å²) < 4.78 is 29.6. The number of carbonyl (C=O) groups is 1. The standard InChI is InChI=1S/C20H23F2N7O/c1-4-13-7-17(26-19(25-13)20(3,21)22)29-15-8-16(24-11-30)23-9-14(15)18(27-29)28-6-5-12(2)10-28/h7-9,11-12H,4-6,10H2,1-3H3,(H,23,24,30). The molecule has 4 heterocycles. The fraction of sp³-hybridized carbons (Fsp3) is 0.450. The molecule has 1 fully saturated rings. The van der Waals surface area contributed by atoms with Crippen LogP contribution in [-0.4, -0.2) is 44.2 Å². The van der Waals surface area contributed by atoms with Crippen molar-refractivity contribution in [1.82, 2.24) is 24.7 Å². The number of carbonyl (C=O) groups excluding carboxylic acids is 1. The van der Waals surface area contributed by atoms with E-state index in [0.29, 0.717) is 35.8 Å². The SMILES string of the molecule is CCc1cc(-n2nc(N3CCC(C)C3)c3cnc(NC=O)cc32)nc(C(C)(F)F)n1. The Bertz CT molecular complexity index is 1090. The zero-order chi connectivity index (χ0) is 21.5. The van der Waals surface area contributed by atoms with Gasteiger partial charge in [0.15, 0.2) is 11.6 Å². The van der Waals surface area contributed by atoms with Crippen LogP contribution < -0.4 is 10.2 Å². The first-order chi connectivity index (χ1) is 14.3. The summed E-state index contributed by atoms with van der Waals surface area (Å²) in [5.41, 5.74) is 1.12. The van der Waals surface area contributed by atoms with E-state index in [1.165, 1.54) is 4.68 Å². The molecular formula is C20H23F2N7O. The van der Waals surface area contributed by atoms with Crippen molar-refractivity contribution >= 4 is 28.9 Å². The van der Waals surface area contributed by atoms with E-state index >= 15 is 0 Å². The van der Waals surface area contributed by atoms with E-state index in [-0.39, 0.29) is 5.82 Å². The predicted octanol–water partition coefficient (Wildman–Crippen LogP) is 3.30. The van der Waals surface area contributed by atoms with Crippen LogP contribution in [0.4, 0.5) is 20.4 Å². The Balaban J connectivity index is 1.93. The number of nitrogens with zero attached hydrogens (tertiary/aromatic N) is 6. The van der Waals surface area contributed by atoms with Gasteiger partial charge in [0.1, 0.15) is 5.82 Å². The molecule has 1 aliphatic rings. The highest BCUT2D eigenvalue weighted by molar-refractivity contribution is 5.93. The number of fused-ring (bicyclic) bond motifs is 1. The van der Waals surface area contributed by atoms with Crippen molar-refractivity contribution in [1.29, 1.82) is 0 Å². The number of rotatable bonds is 6. The average Bonchev–Trinajstić information content (AvgIpc) is 3.30. The van der Waals surface area contributed by atoms with E-state index in [4.69, 9.17) is 5.10 Å². The Morgan fingerprint density at radius 3 is 2.77 bits per heavy atom. The number of amides is 1. The van der Waals surface area contributed by atoms with Gasteiger partial charge in [0.05, 0.1) is 10.9 Å².